The maximum absolute atomic E-state index is 10.5. The smallest absolute Gasteiger partial charge is 0.335 e. The van der Waals surface area contributed by atoms with Gasteiger partial charge in [-0.3, -0.25) is 0 Å². The van der Waals surface area contributed by atoms with Crippen LogP contribution in [0.1, 0.15) is 6.92 Å². The second-order valence-corrected chi connectivity index (χ2v) is 3.07. The molecule has 4 N–H and O–H groups in total. The summed E-state index contributed by atoms with van der Waals surface area (Å²) in [4.78, 5) is 10.5. The Morgan fingerprint density at radius 1 is 1.15 bits per heavy atom. The van der Waals surface area contributed by atoms with Crippen molar-refractivity contribution >= 4 is 5.97 Å². The van der Waals surface area contributed by atoms with Crippen molar-refractivity contribution < 1.29 is 30.0 Å². The highest BCUT2D eigenvalue weighted by Gasteiger charge is 2.44. The fraction of sp³-hybridized carbons (Fsp3) is 0.857. The summed E-state index contributed by atoms with van der Waals surface area (Å²) in [6.07, 6.45) is -6.62. The number of carbonyl (C=O) groups is 1. The van der Waals surface area contributed by atoms with Gasteiger partial charge in [0.1, 0.15) is 18.3 Å². The van der Waals surface area contributed by atoms with E-state index in [-0.39, 0.29) is 0 Å². The van der Waals surface area contributed by atoms with E-state index in [2.05, 4.69) is 0 Å². The molecule has 0 spiro atoms. The number of aliphatic hydroxyl groups is 3. The predicted molar refractivity (Wildman–Crippen MR) is 40.0 cm³/mol. The summed E-state index contributed by atoms with van der Waals surface area (Å²) in [7, 11) is 0. The van der Waals surface area contributed by atoms with Crippen LogP contribution >= 0.6 is 0 Å². The molecule has 76 valence electrons. The van der Waals surface area contributed by atoms with Crippen molar-refractivity contribution in [2.24, 2.45) is 0 Å². The first kappa shape index (κ1) is 10.4. The lowest BCUT2D eigenvalue weighted by Gasteiger charge is -2.37. The second kappa shape index (κ2) is 3.59. The first-order chi connectivity index (χ1) is 5.95. The van der Waals surface area contributed by atoms with Crippen molar-refractivity contribution in [1.82, 2.24) is 0 Å². The topological polar surface area (TPSA) is 107 Å². The van der Waals surface area contributed by atoms with Gasteiger partial charge in [-0.05, 0) is 6.92 Å². The summed E-state index contributed by atoms with van der Waals surface area (Å²) in [6.45, 7) is 1.43. The third-order valence-electron chi connectivity index (χ3n) is 2.10. The standard InChI is InChI=1S/C7H12O6/c1-2-3(8)4(9)5(10)6(13-2)7(11)12/h2-6,8-10H,1H3,(H,11,12)/t2-,3?,4?,5+,6?/m1/s1. The molecule has 3 unspecified atom stereocenters. The molecular weight excluding hydrogens is 180 g/mol. The van der Waals surface area contributed by atoms with E-state index in [0.717, 1.165) is 0 Å². The average Bonchev–Trinajstić information content (AvgIpc) is 2.07. The van der Waals surface area contributed by atoms with Gasteiger partial charge in [-0.1, -0.05) is 0 Å². The summed E-state index contributed by atoms with van der Waals surface area (Å²) in [6, 6.07) is 0. The minimum Gasteiger partial charge on any atom is -0.479 e. The van der Waals surface area contributed by atoms with Crippen LogP contribution in [0.5, 0.6) is 0 Å². The molecule has 0 aromatic heterocycles. The Kier molecular flexibility index (Phi) is 2.87. The fourth-order valence-electron chi connectivity index (χ4n) is 1.26. The van der Waals surface area contributed by atoms with Crippen LogP contribution in [0.25, 0.3) is 0 Å². The molecule has 1 rings (SSSR count). The summed E-state index contributed by atoms with van der Waals surface area (Å²) < 4.78 is 4.78. The van der Waals surface area contributed by atoms with Crippen LogP contribution in [-0.4, -0.2) is 56.9 Å². The predicted octanol–water partition coefficient (Wildman–Crippen LogP) is -2.06. The molecule has 0 aliphatic carbocycles. The highest BCUT2D eigenvalue weighted by molar-refractivity contribution is 5.73. The lowest BCUT2D eigenvalue weighted by molar-refractivity contribution is -0.223. The van der Waals surface area contributed by atoms with Crippen molar-refractivity contribution in [3.05, 3.63) is 0 Å². The number of rotatable bonds is 1. The molecule has 1 aliphatic heterocycles. The molecule has 13 heavy (non-hydrogen) atoms. The number of hydrogen-bond donors (Lipinski definition) is 4. The second-order valence-electron chi connectivity index (χ2n) is 3.07. The number of carboxylic acid groups (broad SMARTS) is 1. The molecule has 6 heteroatoms. The van der Waals surface area contributed by atoms with Gasteiger partial charge in [0.2, 0.25) is 0 Å². The van der Waals surface area contributed by atoms with E-state index >= 15 is 0 Å². The van der Waals surface area contributed by atoms with E-state index in [9.17, 15) is 20.1 Å². The maximum Gasteiger partial charge on any atom is 0.335 e. The van der Waals surface area contributed by atoms with E-state index in [0.29, 0.717) is 0 Å². The molecule has 6 nitrogen and oxygen atoms in total. The quantitative estimate of drug-likeness (QED) is 0.380. The zero-order chi connectivity index (χ0) is 10.2. The van der Waals surface area contributed by atoms with Gasteiger partial charge in [-0.15, -0.1) is 0 Å². The Bertz CT molecular complexity index is 205. The summed E-state index contributed by atoms with van der Waals surface area (Å²) in [5, 5.41) is 36.1. The normalized spacial score (nSPS) is 46.0. The van der Waals surface area contributed by atoms with E-state index in [4.69, 9.17) is 9.84 Å². The van der Waals surface area contributed by atoms with Gasteiger partial charge in [0.25, 0.3) is 0 Å². The van der Waals surface area contributed by atoms with Crippen molar-refractivity contribution in [2.45, 2.75) is 37.4 Å². The monoisotopic (exact) mass is 192 g/mol. The molecule has 1 heterocycles. The summed E-state index contributed by atoms with van der Waals surface area (Å²) in [5.74, 6) is -1.36. The van der Waals surface area contributed by atoms with Gasteiger partial charge in [-0.25, -0.2) is 4.79 Å². The minimum atomic E-state index is -1.59. The van der Waals surface area contributed by atoms with Crippen LogP contribution in [0.15, 0.2) is 0 Å². The highest BCUT2D eigenvalue weighted by Crippen LogP contribution is 2.20. The van der Waals surface area contributed by atoms with Crippen LogP contribution in [0.4, 0.5) is 0 Å². The first-order valence-electron chi connectivity index (χ1n) is 3.87. The molecule has 1 fully saturated rings. The summed E-state index contributed by atoms with van der Waals surface area (Å²) >= 11 is 0. The number of hydrogen-bond acceptors (Lipinski definition) is 5. The molecule has 0 saturated carbocycles. The molecule has 0 radical (unpaired) electrons. The van der Waals surface area contributed by atoms with Gasteiger partial charge in [0, 0.05) is 0 Å². The Labute approximate surface area is 74.4 Å². The Morgan fingerprint density at radius 3 is 2.15 bits per heavy atom. The van der Waals surface area contributed by atoms with Gasteiger partial charge in [0.05, 0.1) is 6.10 Å². The van der Waals surface area contributed by atoms with Crippen LogP contribution in [0, 0.1) is 0 Å². The van der Waals surface area contributed by atoms with Crippen molar-refractivity contribution in [1.29, 1.82) is 0 Å². The molecule has 0 bridgehead atoms. The lowest BCUT2D eigenvalue weighted by atomic mass is 9.96. The minimum absolute atomic E-state index is 0.806. The molecule has 0 aromatic rings. The van der Waals surface area contributed by atoms with Gasteiger partial charge < -0.3 is 25.2 Å². The van der Waals surface area contributed by atoms with Crippen molar-refractivity contribution in [2.75, 3.05) is 0 Å². The third-order valence-corrected chi connectivity index (χ3v) is 2.10. The third kappa shape index (κ3) is 1.80. The largest absolute Gasteiger partial charge is 0.479 e. The van der Waals surface area contributed by atoms with Crippen LogP contribution in [0.3, 0.4) is 0 Å². The van der Waals surface area contributed by atoms with Crippen LogP contribution in [-0.2, 0) is 9.53 Å². The zero-order valence-corrected chi connectivity index (χ0v) is 6.99. The molecule has 5 atom stereocenters. The Balaban J connectivity index is 2.76. The van der Waals surface area contributed by atoms with Gasteiger partial charge >= 0.3 is 5.97 Å². The highest BCUT2D eigenvalue weighted by atomic mass is 16.6. The molecule has 0 aromatic carbocycles. The summed E-state index contributed by atoms with van der Waals surface area (Å²) in [5.41, 5.74) is 0. The SMILES string of the molecule is C[C@H]1OC(C(=O)O)[C@@H](O)C(O)C1O. The molecule has 1 saturated heterocycles. The molecule has 1 aliphatic rings. The number of ether oxygens (including phenoxy) is 1. The van der Waals surface area contributed by atoms with E-state index in [1.54, 1.807) is 0 Å². The van der Waals surface area contributed by atoms with E-state index in [1.807, 2.05) is 0 Å². The zero-order valence-electron chi connectivity index (χ0n) is 6.99. The first-order valence-corrected chi connectivity index (χ1v) is 3.87. The fourth-order valence-corrected chi connectivity index (χ4v) is 1.26. The number of carboxylic acids is 1. The van der Waals surface area contributed by atoms with E-state index < -0.39 is 36.5 Å². The van der Waals surface area contributed by atoms with Crippen molar-refractivity contribution in [3.63, 3.8) is 0 Å². The Morgan fingerprint density at radius 2 is 1.69 bits per heavy atom. The van der Waals surface area contributed by atoms with Gasteiger partial charge in [-0.2, -0.15) is 0 Å². The van der Waals surface area contributed by atoms with Gasteiger partial charge in [0.15, 0.2) is 6.10 Å². The lowest BCUT2D eigenvalue weighted by Crippen LogP contribution is -2.58. The molecule has 0 amide bonds. The Hall–Kier alpha value is -0.690. The maximum atomic E-state index is 10.5. The molecular formula is C7H12O6. The van der Waals surface area contributed by atoms with E-state index in [1.165, 1.54) is 6.92 Å². The van der Waals surface area contributed by atoms with Crippen LogP contribution < -0.4 is 0 Å². The van der Waals surface area contributed by atoms with Crippen molar-refractivity contribution in [3.8, 4) is 0 Å². The number of aliphatic hydroxyl groups excluding tert-OH is 3. The number of aliphatic carboxylic acids is 1. The van der Waals surface area contributed by atoms with Crippen LogP contribution in [0.2, 0.25) is 0 Å². The average molecular weight is 192 g/mol.